The molecule has 6 nitrogen and oxygen atoms in total. The Morgan fingerprint density at radius 2 is 1.92 bits per heavy atom. The van der Waals surface area contributed by atoms with E-state index in [4.69, 9.17) is 22.0 Å². The molecule has 2 rings (SSSR count). The standard InChI is InChI=1S/C19H27N5O/c1-2-3-11-25-14-16-8-6-15(7-9-16)12-24(22)13-18(20)17-5-4-10-23-19(17)21/h4-10,13H,2-3,11-12,14,20,22H2,1H3,(H2,21,23)/b18-13-. The lowest BCUT2D eigenvalue weighted by Crippen LogP contribution is -2.25. The zero-order valence-electron chi connectivity index (χ0n) is 14.7. The maximum Gasteiger partial charge on any atom is 0.132 e. The zero-order chi connectivity index (χ0) is 18.1. The fourth-order valence-corrected chi connectivity index (χ4v) is 2.34. The highest BCUT2D eigenvalue weighted by Gasteiger charge is 2.04. The number of ether oxygens (including phenoxy) is 1. The average molecular weight is 341 g/mol. The van der Waals surface area contributed by atoms with E-state index < -0.39 is 0 Å². The van der Waals surface area contributed by atoms with Gasteiger partial charge in [0.1, 0.15) is 5.82 Å². The van der Waals surface area contributed by atoms with Crippen LogP contribution >= 0.6 is 0 Å². The molecule has 0 amide bonds. The Labute approximate surface area is 149 Å². The Hall–Kier alpha value is -2.57. The van der Waals surface area contributed by atoms with E-state index in [1.165, 1.54) is 5.01 Å². The summed E-state index contributed by atoms with van der Waals surface area (Å²) in [6.45, 7) is 4.13. The molecular weight excluding hydrogens is 314 g/mol. The predicted octanol–water partition coefficient (Wildman–Crippen LogP) is 2.61. The number of nitrogens with two attached hydrogens (primary N) is 3. The molecule has 1 aromatic carbocycles. The Morgan fingerprint density at radius 1 is 1.20 bits per heavy atom. The molecule has 6 heteroatoms. The molecule has 0 saturated carbocycles. The maximum atomic E-state index is 6.06. The number of benzene rings is 1. The Bertz CT molecular complexity index is 684. The number of rotatable bonds is 9. The van der Waals surface area contributed by atoms with Gasteiger partial charge in [-0.05, 0) is 29.7 Å². The molecule has 0 bridgehead atoms. The van der Waals surface area contributed by atoms with E-state index in [-0.39, 0.29) is 0 Å². The predicted molar refractivity (Wildman–Crippen MR) is 102 cm³/mol. The van der Waals surface area contributed by atoms with Crippen molar-refractivity contribution in [3.63, 3.8) is 0 Å². The van der Waals surface area contributed by atoms with Gasteiger partial charge < -0.3 is 21.2 Å². The third-order valence-corrected chi connectivity index (χ3v) is 3.75. The summed E-state index contributed by atoms with van der Waals surface area (Å²) in [5.74, 6) is 6.42. The number of nitrogen functional groups attached to an aromatic ring is 1. The molecule has 0 saturated heterocycles. The lowest BCUT2D eigenvalue weighted by atomic mass is 10.1. The van der Waals surface area contributed by atoms with Crippen molar-refractivity contribution in [2.24, 2.45) is 11.6 Å². The summed E-state index contributed by atoms with van der Waals surface area (Å²) in [6.07, 6.45) is 5.52. The van der Waals surface area contributed by atoms with Gasteiger partial charge in [-0.25, -0.2) is 10.8 Å². The fraction of sp³-hybridized carbons (Fsp3) is 0.316. The van der Waals surface area contributed by atoms with Crippen molar-refractivity contribution in [1.29, 1.82) is 0 Å². The highest BCUT2D eigenvalue weighted by atomic mass is 16.5. The number of anilines is 1. The van der Waals surface area contributed by atoms with Gasteiger partial charge in [0.15, 0.2) is 0 Å². The first-order valence-electron chi connectivity index (χ1n) is 8.45. The summed E-state index contributed by atoms with van der Waals surface area (Å²) >= 11 is 0. The topological polar surface area (TPSA) is 103 Å². The molecule has 0 aliphatic rings. The van der Waals surface area contributed by atoms with Crippen LogP contribution in [0.3, 0.4) is 0 Å². The second kappa shape index (κ2) is 9.66. The first-order chi connectivity index (χ1) is 12.1. The lowest BCUT2D eigenvalue weighted by Gasteiger charge is -2.16. The van der Waals surface area contributed by atoms with Crippen molar-refractivity contribution in [2.75, 3.05) is 12.3 Å². The number of aromatic nitrogens is 1. The monoisotopic (exact) mass is 341 g/mol. The fourth-order valence-electron chi connectivity index (χ4n) is 2.34. The molecule has 0 atom stereocenters. The van der Waals surface area contributed by atoms with Crippen molar-refractivity contribution < 1.29 is 4.74 Å². The third kappa shape index (κ3) is 6.10. The van der Waals surface area contributed by atoms with Gasteiger partial charge in [0.25, 0.3) is 0 Å². The van der Waals surface area contributed by atoms with Gasteiger partial charge in [-0.15, -0.1) is 0 Å². The van der Waals surface area contributed by atoms with Gasteiger partial charge in [-0.1, -0.05) is 37.6 Å². The largest absolute Gasteiger partial charge is 0.397 e. The van der Waals surface area contributed by atoms with Crippen LogP contribution in [0.4, 0.5) is 5.82 Å². The Balaban J connectivity index is 1.90. The van der Waals surface area contributed by atoms with Gasteiger partial charge in [0, 0.05) is 24.6 Å². The SMILES string of the molecule is CCCCOCc1ccc(CN(N)/C=C(\N)c2cccnc2N)cc1. The van der Waals surface area contributed by atoms with E-state index in [2.05, 4.69) is 24.0 Å². The molecule has 1 aromatic heterocycles. The zero-order valence-corrected chi connectivity index (χ0v) is 14.7. The Kier molecular flexibility index (Phi) is 7.25. The number of unbranched alkanes of at least 4 members (excludes halogenated alkanes) is 1. The van der Waals surface area contributed by atoms with Crippen molar-refractivity contribution in [2.45, 2.75) is 32.9 Å². The molecule has 0 aliphatic carbocycles. The van der Waals surface area contributed by atoms with Crippen LogP contribution in [0.5, 0.6) is 0 Å². The first kappa shape index (κ1) is 18.8. The number of hydrogen-bond acceptors (Lipinski definition) is 6. The summed E-state index contributed by atoms with van der Waals surface area (Å²) in [5, 5.41) is 1.54. The van der Waals surface area contributed by atoms with Crippen molar-refractivity contribution in [3.8, 4) is 0 Å². The molecular formula is C19H27N5O. The van der Waals surface area contributed by atoms with Crippen molar-refractivity contribution >= 4 is 11.5 Å². The summed E-state index contributed by atoms with van der Waals surface area (Å²) in [7, 11) is 0. The minimum Gasteiger partial charge on any atom is -0.397 e. The minimum atomic E-state index is 0.386. The maximum absolute atomic E-state index is 6.06. The van der Waals surface area contributed by atoms with Crippen LogP contribution in [-0.2, 0) is 17.9 Å². The van der Waals surface area contributed by atoms with Crippen LogP contribution in [-0.4, -0.2) is 16.6 Å². The summed E-state index contributed by atoms with van der Waals surface area (Å²) in [5.41, 5.74) is 15.3. The van der Waals surface area contributed by atoms with Gasteiger partial charge in [-0.2, -0.15) is 0 Å². The van der Waals surface area contributed by atoms with E-state index in [0.717, 1.165) is 30.6 Å². The molecule has 2 aromatic rings. The van der Waals surface area contributed by atoms with Gasteiger partial charge in [0.2, 0.25) is 0 Å². The molecule has 6 N–H and O–H groups in total. The summed E-state index contributed by atoms with van der Waals surface area (Å²) in [4.78, 5) is 4.02. The molecule has 134 valence electrons. The van der Waals surface area contributed by atoms with Crippen LogP contribution < -0.4 is 17.3 Å². The number of pyridine rings is 1. The van der Waals surface area contributed by atoms with E-state index in [9.17, 15) is 0 Å². The summed E-state index contributed by atoms with van der Waals surface area (Å²) < 4.78 is 5.61. The van der Waals surface area contributed by atoms with Crippen LogP contribution in [0, 0.1) is 0 Å². The van der Waals surface area contributed by atoms with Crippen LogP contribution in [0.1, 0.15) is 36.5 Å². The highest BCUT2D eigenvalue weighted by Crippen LogP contribution is 2.15. The first-order valence-corrected chi connectivity index (χ1v) is 8.45. The van der Waals surface area contributed by atoms with E-state index >= 15 is 0 Å². The van der Waals surface area contributed by atoms with Gasteiger partial charge in [-0.3, -0.25) is 0 Å². The van der Waals surface area contributed by atoms with Gasteiger partial charge >= 0.3 is 0 Å². The van der Waals surface area contributed by atoms with Crippen LogP contribution in [0.25, 0.3) is 5.70 Å². The molecule has 25 heavy (non-hydrogen) atoms. The highest BCUT2D eigenvalue weighted by molar-refractivity contribution is 5.70. The second-order valence-corrected chi connectivity index (χ2v) is 5.92. The van der Waals surface area contributed by atoms with Crippen molar-refractivity contribution in [1.82, 2.24) is 9.99 Å². The third-order valence-electron chi connectivity index (χ3n) is 3.75. The molecule has 0 fully saturated rings. The van der Waals surface area contributed by atoms with Crippen molar-refractivity contribution in [3.05, 3.63) is 65.5 Å². The minimum absolute atomic E-state index is 0.386. The Morgan fingerprint density at radius 3 is 2.60 bits per heavy atom. The number of nitrogens with zero attached hydrogens (tertiary/aromatic N) is 2. The quantitative estimate of drug-likeness (QED) is 0.368. The van der Waals surface area contributed by atoms with E-state index in [0.29, 0.717) is 30.2 Å². The molecule has 0 spiro atoms. The average Bonchev–Trinajstić information content (AvgIpc) is 2.60. The van der Waals surface area contributed by atoms with Crippen LogP contribution in [0.2, 0.25) is 0 Å². The van der Waals surface area contributed by atoms with E-state index in [1.807, 2.05) is 18.2 Å². The molecule has 0 radical (unpaired) electrons. The number of hydrogen-bond donors (Lipinski definition) is 3. The second-order valence-electron chi connectivity index (χ2n) is 5.92. The molecule has 0 unspecified atom stereocenters. The van der Waals surface area contributed by atoms with Gasteiger partial charge in [0.05, 0.1) is 18.8 Å². The molecule has 0 aliphatic heterocycles. The lowest BCUT2D eigenvalue weighted by molar-refractivity contribution is 0.118. The number of hydrazine groups is 1. The molecule has 1 heterocycles. The van der Waals surface area contributed by atoms with E-state index in [1.54, 1.807) is 18.5 Å². The summed E-state index contributed by atoms with van der Waals surface area (Å²) in [6, 6.07) is 11.8. The van der Waals surface area contributed by atoms with Crippen LogP contribution in [0.15, 0.2) is 48.8 Å². The normalized spacial score (nSPS) is 11.5. The smallest absolute Gasteiger partial charge is 0.132 e.